The number of aromatic nitrogens is 9. The Morgan fingerprint density at radius 1 is 1.14 bits per heavy atom. The molecule has 0 aromatic carbocycles. The molecule has 1 saturated heterocycles. The van der Waals surface area contributed by atoms with Crippen LogP contribution in [0.4, 0.5) is 5.82 Å². The van der Waals surface area contributed by atoms with E-state index in [2.05, 4.69) is 46.3 Å². The first kappa shape index (κ1) is 17.4. The third-order valence-electron chi connectivity index (χ3n) is 5.34. The molecule has 148 valence electrons. The zero-order valence-corrected chi connectivity index (χ0v) is 16.2. The molecule has 0 radical (unpaired) electrons. The van der Waals surface area contributed by atoms with Gasteiger partial charge in [-0.3, -0.25) is 0 Å². The second-order valence-corrected chi connectivity index (χ2v) is 8.77. The molecule has 0 spiro atoms. The van der Waals surface area contributed by atoms with Gasteiger partial charge in [-0.25, -0.2) is 15.1 Å². The second kappa shape index (κ2) is 6.16. The standard InChI is InChI=1S/C17H24N10O/c1-17(2,3)16-18-13-11(15(19-16)26-7-6-10(28)8-26)22-27(23-13)12(9-4-5-9)14-20-24-25-21-14/h9-10,12,28H,4-8H2,1-3H3,(H,20,21,24,25)/t10-,12?/m0/s1. The summed E-state index contributed by atoms with van der Waals surface area (Å²) in [6.07, 6.45) is 2.55. The lowest BCUT2D eigenvalue weighted by Crippen LogP contribution is -2.25. The van der Waals surface area contributed by atoms with E-state index >= 15 is 0 Å². The van der Waals surface area contributed by atoms with E-state index in [9.17, 15) is 5.11 Å². The summed E-state index contributed by atoms with van der Waals surface area (Å²) in [6.45, 7) is 7.51. The second-order valence-electron chi connectivity index (χ2n) is 8.77. The van der Waals surface area contributed by atoms with E-state index in [1.165, 1.54) is 0 Å². The minimum absolute atomic E-state index is 0.140. The average Bonchev–Trinajstić information content (AvgIpc) is 3.02. The molecule has 3 aromatic rings. The van der Waals surface area contributed by atoms with Crippen LogP contribution < -0.4 is 4.90 Å². The van der Waals surface area contributed by atoms with Gasteiger partial charge in [-0.1, -0.05) is 20.8 Å². The molecule has 2 N–H and O–H groups in total. The lowest BCUT2D eigenvalue weighted by atomic mass is 9.96. The van der Waals surface area contributed by atoms with Gasteiger partial charge in [0.05, 0.1) is 6.10 Å². The Bertz CT molecular complexity index is 987. The van der Waals surface area contributed by atoms with Crippen LogP contribution in [-0.4, -0.2) is 69.9 Å². The third-order valence-corrected chi connectivity index (χ3v) is 5.34. The average molecular weight is 384 g/mol. The minimum Gasteiger partial charge on any atom is -0.391 e. The molecule has 5 rings (SSSR count). The molecule has 0 amide bonds. The van der Waals surface area contributed by atoms with Gasteiger partial charge in [0.1, 0.15) is 11.9 Å². The van der Waals surface area contributed by atoms with Crippen molar-refractivity contribution < 1.29 is 5.11 Å². The quantitative estimate of drug-likeness (QED) is 0.663. The minimum atomic E-state index is -0.349. The number of rotatable bonds is 4. The number of aliphatic hydroxyl groups is 1. The Kier molecular flexibility index (Phi) is 3.83. The van der Waals surface area contributed by atoms with Crippen LogP contribution in [0.2, 0.25) is 0 Å². The van der Waals surface area contributed by atoms with E-state index in [-0.39, 0.29) is 17.6 Å². The van der Waals surface area contributed by atoms with Gasteiger partial charge in [0, 0.05) is 18.5 Å². The van der Waals surface area contributed by atoms with Crippen molar-refractivity contribution in [1.29, 1.82) is 0 Å². The predicted molar refractivity (Wildman–Crippen MR) is 99.7 cm³/mol. The van der Waals surface area contributed by atoms with Gasteiger partial charge in [0.25, 0.3) is 0 Å². The summed E-state index contributed by atoms with van der Waals surface area (Å²) in [7, 11) is 0. The highest BCUT2D eigenvalue weighted by Gasteiger charge is 2.38. The van der Waals surface area contributed by atoms with Crippen molar-refractivity contribution in [3.63, 3.8) is 0 Å². The van der Waals surface area contributed by atoms with E-state index in [0.717, 1.165) is 31.6 Å². The smallest absolute Gasteiger partial charge is 0.207 e. The Hall–Kier alpha value is -2.69. The molecular formula is C17H24N10O. The summed E-state index contributed by atoms with van der Waals surface area (Å²) in [5, 5.41) is 33.9. The van der Waals surface area contributed by atoms with Gasteiger partial charge in [0.2, 0.25) is 5.65 Å². The largest absolute Gasteiger partial charge is 0.391 e. The number of nitrogens with zero attached hydrogens (tertiary/aromatic N) is 9. The number of hydrogen-bond acceptors (Lipinski definition) is 9. The Morgan fingerprint density at radius 2 is 1.96 bits per heavy atom. The summed E-state index contributed by atoms with van der Waals surface area (Å²) in [6, 6.07) is -0.140. The SMILES string of the molecule is CC(C)(C)c1nc(N2CC[C@H](O)C2)c2nn(C(c3nnn[nH]3)C3CC3)nc2n1. The molecule has 1 aliphatic heterocycles. The molecule has 11 nitrogen and oxygen atoms in total. The zero-order chi connectivity index (χ0) is 19.5. The maximum Gasteiger partial charge on any atom is 0.207 e. The van der Waals surface area contributed by atoms with Crippen molar-refractivity contribution in [3.05, 3.63) is 11.6 Å². The number of H-pyrrole nitrogens is 1. The molecule has 2 fully saturated rings. The van der Waals surface area contributed by atoms with Crippen LogP contribution >= 0.6 is 0 Å². The predicted octanol–water partition coefficient (Wildman–Crippen LogP) is 0.602. The molecule has 1 saturated carbocycles. The summed E-state index contributed by atoms with van der Waals surface area (Å²) in [5.41, 5.74) is 0.991. The highest BCUT2D eigenvalue weighted by molar-refractivity contribution is 5.82. The van der Waals surface area contributed by atoms with Crippen LogP contribution in [0, 0.1) is 5.92 Å². The fourth-order valence-corrected chi connectivity index (χ4v) is 3.65. The normalized spacial score (nSPS) is 21.6. The molecule has 2 aliphatic rings. The number of aromatic amines is 1. The highest BCUT2D eigenvalue weighted by Crippen LogP contribution is 2.42. The molecule has 2 atom stereocenters. The van der Waals surface area contributed by atoms with E-state index in [0.29, 0.717) is 35.3 Å². The number of nitrogens with one attached hydrogen (secondary N) is 1. The number of fused-ring (bicyclic) bond motifs is 1. The van der Waals surface area contributed by atoms with Gasteiger partial charge in [-0.2, -0.15) is 4.80 Å². The Labute approximate surface area is 161 Å². The van der Waals surface area contributed by atoms with Crippen LogP contribution in [0.1, 0.15) is 57.7 Å². The zero-order valence-electron chi connectivity index (χ0n) is 16.2. The van der Waals surface area contributed by atoms with Gasteiger partial charge >= 0.3 is 0 Å². The first-order valence-corrected chi connectivity index (χ1v) is 9.72. The first-order chi connectivity index (χ1) is 13.4. The maximum absolute atomic E-state index is 10.0. The lowest BCUT2D eigenvalue weighted by molar-refractivity contribution is 0.198. The van der Waals surface area contributed by atoms with Crippen LogP contribution in [0.25, 0.3) is 11.2 Å². The van der Waals surface area contributed by atoms with E-state index in [1.807, 2.05) is 0 Å². The molecule has 3 aromatic heterocycles. The van der Waals surface area contributed by atoms with Crippen LogP contribution in [0.3, 0.4) is 0 Å². The maximum atomic E-state index is 10.0. The Morgan fingerprint density at radius 3 is 2.57 bits per heavy atom. The van der Waals surface area contributed by atoms with Gasteiger partial charge in [-0.15, -0.1) is 15.3 Å². The fourth-order valence-electron chi connectivity index (χ4n) is 3.65. The van der Waals surface area contributed by atoms with Gasteiger partial charge in [0.15, 0.2) is 17.2 Å². The number of β-amino-alcohol motifs (C(OH)–C–C–N with tert-alkyl or cyclic N) is 1. The van der Waals surface area contributed by atoms with Crippen molar-refractivity contribution >= 4 is 17.0 Å². The number of anilines is 1. The molecule has 4 heterocycles. The molecule has 1 unspecified atom stereocenters. The van der Waals surface area contributed by atoms with Crippen molar-refractivity contribution in [2.45, 2.75) is 57.6 Å². The number of hydrogen-bond donors (Lipinski definition) is 2. The molecule has 11 heteroatoms. The van der Waals surface area contributed by atoms with E-state index in [4.69, 9.17) is 20.2 Å². The van der Waals surface area contributed by atoms with Gasteiger partial charge < -0.3 is 10.0 Å². The fraction of sp³-hybridized carbons (Fsp3) is 0.706. The summed E-state index contributed by atoms with van der Waals surface area (Å²) in [5.74, 6) is 2.52. The van der Waals surface area contributed by atoms with Crippen molar-refractivity contribution in [2.24, 2.45) is 5.92 Å². The number of aliphatic hydroxyl groups excluding tert-OH is 1. The lowest BCUT2D eigenvalue weighted by Gasteiger charge is -2.21. The molecular weight excluding hydrogens is 360 g/mol. The van der Waals surface area contributed by atoms with Crippen molar-refractivity contribution in [3.8, 4) is 0 Å². The first-order valence-electron chi connectivity index (χ1n) is 9.72. The Balaban J connectivity index is 1.65. The van der Waals surface area contributed by atoms with Crippen LogP contribution in [0.15, 0.2) is 0 Å². The monoisotopic (exact) mass is 384 g/mol. The summed E-state index contributed by atoms with van der Waals surface area (Å²) in [4.78, 5) is 13.3. The van der Waals surface area contributed by atoms with E-state index in [1.54, 1.807) is 4.80 Å². The molecule has 28 heavy (non-hydrogen) atoms. The topological polar surface area (TPSA) is 134 Å². The molecule has 0 bridgehead atoms. The van der Waals surface area contributed by atoms with Gasteiger partial charge in [-0.05, 0) is 35.6 Å². The number of tetrazole rings is 1. The van der Waals surface area contributed by atoms with Crippen molar-refractivity contribution in [1.82, 2.24) is 45.6 Å². The third kappa shape index (κ3) is 2.99. The van der Waals surface area contributed by atoms with Crippen molar-refractivity contribution in [2.75, 3.05) is 18.0 Å². The summed E-state index contributed by atoms with van der Waals surface area (Å²) >= 11 is 0. The van der Waals surface area contributed by atoms with E-state index < -0.39 is 0 Å². The van der Waals surface area contributed by atoms with Crippen LogP contribution in [-0.2, 0) is 5.41 Å². The summed E-state index contributed by atoms with van der Waals surface area (Å²) < 4.78 is 0. The highest BCUT2D eigenvalue weighted by atomic mass is 16.3. The van der Waals surface area contributed by atoms with Crippen LogP contribution in [0.5, 0.6) is 0 Å². The molecule has 1 aliphatic carbocycles.